The Kier molecular flexibility index (Phi) is 4.55. The van der Waals surface area contributed by atoms with Gasteiger partial charge in [0, 0.05) is 0 Å². The van der Waals surface area contributed by atoms with E-state index in [-0.39, 0.29) is 5.41 Å². The highest BCUT2D eigenvalue weighted by atomic mass is 16.4. The van der Waals surface area contributed by atoms with Gasteiger partial charge in [-0.1, -0.05) is 43.7 Å². The van der Waals surface area contributed by atoms with Crippen molar-refractivity contribution in [1.82, 2.24) is 0 Å². The maximum Gasteiger partial charge on any atom is 0.335 e. The summed E-state index contributed by atoms with van der Waals surface area (Å²) >= 11 is 0. The van der Waals surface area contributed by atoms with Crippen LogP contribution in [-0.2, 0) is 0 Å². The third-order valence-corrected chi connectivity index (χ3v) is 5.42. The molecule has 1 aliphatic carbocycles. The predicted octanol–water partition coefficient (Wildman–Crippen LogP) is 6.39. The molecule has 0 radical (unpaired) electrons. The van der Waals surface area contributed by atoms with Gasteiger partial charge in [-0.3, -0.25) is 0 Å². The number of carboxylic acids is 1. The summed E-state index contributed by atoms with van der Waals surface area (Å²) in [6.07, 6.45) is 8.17. The lowest BCUT2D eigenvalue weighted by molar-refractivity contribution is 0.0697. The zero-order valence-corrected chi connectivity index (χ0v) is 15.5. The van der Waals surface area contributed by atoms with Gasteiger partial charge in [0.25, 0.3) is 0 Å². The summed E-state index contributed by atoms with van der Waals surface area (Å²) < 4.78 is 0. The number of fused-ring (bicyclic) bond motifs is 1. The van der Waals surface area contributed by atoms with Crippen LogP contribution in [0.1, 0.15) is 61.5 Å². The van der Waals surface area contributed by atoms with E-state index >= 15 is 0 Å². The number of allylic oxidation sites excluding steroid dienone is 3. The minimum Gasteiger partial charge on any atom is -0.478 e. The Morgan fingerprint density at radius 3 is 2.56 bits per heavy atom. The van der Waals surface area contributed by atoms with Crippen LogP contribution in [0.25, 0.3) is 16.8 Å². The molecule has 0 saturated heterocycles. The van der Waals surface area contributed by atoms with Gasteiger partial charge in [-0.15, -0.1) is 0 Å². The Balaban J connectivity index is 1.99. The van der Waals surface area contributed by atoms with Crippen molar-refractivity contribution in [2.24, 2.45) is 5.41 Å². The second kappa shape index (κ2) is 6.51. The first-order valence-electron chi connectivity index (χ1n) is 8.94. The summed E-state index contributed by atoms with van der Waals surface area (Å²) in [4.78, 5) is 11.2. The third kappa shape index (κ3) is 3.53. The number of aromatic carboxylic acids is 1. The number of carboxylic acid groups (broad SMARTS) is 1. The molecule has 25 heavy (non-hydrogen) atoms. The molecule has 0 aliphatic heterocycles. The summed E-state index contributed by atoms with van der Waals surface area (Å²) in [5.41, 5.74) is 5.69. The van der Waals surface area contributed by atoms with Crippen molar-refractivity contribution in [1.29, 1.82) is 0 Å². The molecule has 130 valence electrons. The fourth-order valence-corrected chi connectivity index (χ4v) is 3.98. The van der Waals surface area contributed by atoms with Crippen LogP contribution < -0.4 is 0 Å². The van der Waals surface area contributed by atoms with Gasteiger partial charge in [0.1, 0.15) is 0 Å². The summed E-state index contributed by atoms with van der Waals surface area (Å²) in [5, 5.41) is 11.3. The van der Waals surface area contributed by atoms with Crippen LogP contribution in [0.3, 0.4) is 0 Å². The number of rotatable bonds is 3. The van der Waals surface area contributed by atoms with Crippen LogP contribution >= 0.6 is 0 Å². The van der Waals surface area contributed by atoms with Gasteiger partial charge < -0.3 is 5.11 Å². The molecule has 0 saturated carbocycles. The highest BCUT2D eigenvalue weighted by molar-refractivity contribution is 5.96. The van der Waals surface area contributed by atoms with Crippen LogP contribution in [0.4, 0.5) is 0 Å². The first-order valence-corrected chi connectivity index (χ1v) is 8.94. The lowest BCUT2D eigenvalue weighted by Crippen LogP contribution is -2.18. The molecule has 0 aromatic heterocycles. The Bertz CT molecular complexity index is 898. The molecule has 0 atom stereocenters. The minimum absolute atomic E-state index is 0.238. The van der Waals surface area contributed by atoms with Gasteiger partial charge in [0.15, 0.2) is 0 Å². The Morgan fingerprint density at radius 1 is 1.12 bits per heavy atom. The molecule has 1 aliphatic rings. The number of carbonyl (C=O) groups is 1. The minimum atomic E-state index is -0.879. The predicted molar refractivity (Wildman–Crippen MR) is 105 cm³/mol. The fourth-order valence-electron chi connectivity index (χ4n) is 3.98. The standard InChI is InChI=1S/C23H26O2/c1-15-6-5-11-23(3,4)21(15)10-8-17-7-9-18-14-19(22(24)25)12-16(2)20(18)13-17/h7-10,12-14H,5-6,11H2,1-4H3,(H,24,25). The smallest absolute Gasteiger partial charge is 0.335 e. The normalized spacial score (nSPS) is 17.4. The second-order valence-electron chi connectivity index (χ2n) is 7.84. The molecule has 2 aromatic carbocycles. The molecule has 2 aromatic rings. The summed E-state index contributed by atoms with van der Waals surface area (Å²) in [5.74, 6) is -0.879. The van der Waals surface area contributed by atoms with E-state index in [2.05, 4.69) is 45.1 Å². The second-order valence-corrected chi connectivity index (χ2v) is 7.84. The summed E-state index contributed by atoms with van der Waals surface area (Å²) in [7, 11) is 0. The molecule has 3 rings (SSSR count). The van der Waals surface area contributed by atoms with E-state index in [1.54, 1.807) is 12.1 Å². The first kappa shape index (κ1) is 17.5. The van der Waals surface area contributed by atoms with Gasteiger partial charge in [-0.25, -0.2) is 4.79 Å². The molecule has 0 spiro atoms. The van der Waals surface area contributed by atoms with Crippen molar-refractivity contribution in [2.45, 2.75) is 47.0 Å². The monoisotopic (exact) mass is 334 g/mol. The average molecular weight is 334 g/mol. The van der Waals surface area contributed by atoms with E-state index in [9.17, 15) is 9.90 Å². The van der Waals surface area contributed by atoms with Crippen molar-refractivity contribution in [2.75, 3.05) is 0 Å². The van der Waals surface area contributed by atoms with E-state index in [1.807, 2.05) is 13.0 Å². The van der Waals surface area contributed by atoms with Crippen molar-refractivity contribution in [3.8, 4) is 0 Å². The number of hydrogen-bond donors (Lipinski definition) is 1. The fraction of sp³-hybridized carbons (Fsp3) is 0.348. The SMILES string of the molecule is CC1=C(C=Cc2ccc3cc(C(=O)O)cc(C)c3c2)C(C)(C)CCC1. The Hall–Kier alpha value is -2.35. The third-order valence-electron chi connectivity index (χ3n) is 5.42. The quantitative estimate of drug-likeness (QED) is 0.706. The van der Waals surface area contributed by atoms with Gasteiger partial charge >= 0.3 is 5.97 Å². The highest BCUT2D eigenvalue weighted by Crippen LogP contribution is 2.41. The average Bonchev–Trinajstić information content (AvgIpc) is 2.54. The molecule has 0 fully saturated rings. The van der Waals surface area contributed by atoms with Crippen LogP contribution in [-0.4, -0.2) is 11.1 Å². The zero-order chi connectivity index (χ0) is 18.2. The first-order chi connectivity index (χ1) is 11.8. The van der Waals surface area contributed by atoms with E-state index < -0.39 is 5.97 Å². The van der Waals surface area contributed by atoms with Gasteiger partial charge in [-0.05, 0) is 84.2 Å². The summed E-state index contributed by atoms with van der Waals surface area (Å²) in [6, 6.07) is 9.72. The summed E-state index contributed by atoms with van der Waals surface area (Å²) in [6.45, 7) is 8.87. The largest absolute Gasteiger partial charge is 0.478 e. The molecule has 2 nitrogen and oxygen atoms in total. The maximum absolute atomic E-state index is 11.2. The Labute approximate surface area is 149 Å². The molecule has 0 heterocycles. The molecule has 2 heteroatoms. The molecular formula is C23H26O2. The van der Waals surface area contributed by atoms with Gasteiger partial charge in [0.05, 0.1) is 5.56 Å². The van der Waals surface area contributed by atoms with Gasteiger partial charge in [-0.2, -0.15) is 0 Å². The maximum atomic E-state index is 11.2. The molecule has 1 N–H and O–H groups in total. The number of benzene rings is 2. The van der Waals surface area contributed by atoms with Crippen LogP contribution in [0.2, 0.25) is 0 Å². The lowest BCUT2D eigenvalue weighted by Gasteiger charge is -2.32. The Morgan fingerprint density at radius 2 is 1.88 bits per heavy atom. The lowest BCUT2D eigenvalue weighted by atomic mass is 9.72. The highest BCUT2D eigenvalue weighted by Gasteiger charge is 2.26. The molecule has 0 amide bonds. The zero-order valence-electron chi connectivity index (χ0n) is 15.5. The van der Waals surface area contributed by atoms with Crippen molar-refractivity contribution in [3.05, 3.63) is 64.2 Å². The van der Waals surface area contributed by atoms with Crippen molar-refractivity contribution >= 4 is 22.8 Å². The van der Waals surface area contributed by atoms with E-state index in [0.29, 0.717) is 5.56 Å². The van der Waals surface area contributed by atoms with Gasteiger partial charge in [0.2, 0.25) is 0 Å². The number of aryl methyl sites for hydroxylation is 1. The molecular weight excluding hydrogens is 308 g/mol. The molecule has 0 bridgehead atoms. The number of hydrogen-bond acceptors (Lipinski definition) is 1. The van der Waals surface area contributed by atoms with Crippen molar-refractivity contribution in [3.63, 3.8) is 0 Å². The van der Waals surface area contributed by atoms with E-state index in [1.165, 1.54) is 30.4 Å². The van der Waals surface area contributed by atoms with Crippen molar-refractivity contribution < 1.29 is 9.90 Å². The van der Waals surface area contributed by atoms with E-state index in [0.717, 1.165) is 21.9 Å². The van der Waals surface area contributed by atoms with E-state index in [4.69, 9.17) is 0 Å². The van der Waals surface area contributed by atoms with Crippen LogP contribution in [0.5, 0.6) is 0 Å². The van der Waals surface area contributed by atoms with Crippen LogP contribution in [0, 0.1) is 12.3 Å². The molecule has 0 unspecified atom stereocenters. The topological polar surface area (TPSA) is 37.3 Å². The van der Waals surface area contributed by atoms with Crippen LogP contribution in [0.15, 0.2) is 47.6 Å².